The second-order valence-corrected chi connectivity index (χ2v) is 8.65. The second kappa shape index (κ2) is 11.3. The summed E-state index contributed by atoms with van der Waals surface area (Å²) in [6, 6.07) is -1.39. The normalized spacial score (nSPS) is 27.1. The van der Waals surface area contributed by atoms with Crippen LogP contribution in [0.25, 0.3) is 0 Å². The number of hydrogen-bond donors (Lipinski definition) is 0. The fraction of sp³-hybridized carbons (Fsp3) is 0.688. The molecule has 14 heteroatoms. The molecule has 1 fully saturated rings. The molecule has 1 saturated heterocycles. The van der Waals surface area contributed by atoms with Crippen LogP contribution < -0.4 is 0 Å². The number of alkyl halides is 3. The van der Waals surface area contributed by atoms with Crippen molar-refractivity contribution >= 4 is 75.5 Å². The first-order valence-corrected chi connectivity index (χ1v) is 9.84. The maximum atomic E-state index is 11.7. The predicted octanol–water partition coefficient (Wildman–Crippen LogP) is 2.08. The summed E-state index contributed by atoms with van der Waals surface area (Å²) in [6.07, 6.45) is -5.43. The van der Waals surface area contributed by atoms with Gasteiger partial charge < -0.3 is 23.7 Å². The van der Waals surface area contributed by atoms with E-state index in [4.69, 9.17) is 70.1 Å². The molecular weight excluding hydrogens is 492 g/mol. The molecule has 0 aromatic rings. The van der Waals surface area contributed by atoms with Crippen LogP contribution >= 0.6 is 46.4 Å². The van der Waals surface area contributed by atoms with Gasteiger partial charge >= 0.3 is 23.9 Å². The zero-order chi connectivity index (χ0) is 23.2. The van der Waals surface area contributed by atoms with Crippen molar-refractivity contribution in [1.29, 1.82) is 0 Å². The van der Waals surface area contributed by atoms with Crippen molar-refractivity contribution in [2.75, 3.05) is 6.61 Å². The third-order valence-corrected chi connectivity index (χ3v) is 4.66. The summed E-state index contributed by atoms with van der Waals surface area (Å²) in [6.45, 7) is 3.99. The number of esters is 4. The summed E-state index contributed by atoms with van der Waals surface area (Å²) in [7, 11) is 0. The average molecular weight is 511 g/mol. The molecule has 0 N–H and O–H groups in total. The fourth-order valence-corrected chi connectivity index (χ4v) is 2.75. The lowest BCUT2D eigenvalue weighted by molar-refractivity contribution is -0.266. The van der Waals surface area contributed by atoms with Gasteiger partial charge in [0.15, 0.2) is 23.4 Å². The lowest BCUT2D eigenvalue weighted by Crippen LogP contribution is -2.61. The third kappa shape index (κ3) is 8.43. The van der Waals surface area contributed by atoms with E-state index in [0.29, 0.717) is 0 Å². The van der Waals surface area contributed by atoms with E-state index >= 15 is 0 Å². The van der Waals surface area contributed by atoms with Crippen molar-refractivity contribution in [3.8, 4) is 0 Å². The van der Waals surface area contributed by atoms with Gasteiger partial charge in [0.25, 0.3) is 0 Å². The largest absolute Gasteiger partial charge is 0.463 e. The first kappa shape index (κ1) is 26.7. The number of carbonyl (C=O) groups excluding carboxylic acids is 4. The van der Waals surface area contributed by atoms with E-state index in [0.717, 1.165) is 27.7 Å². The summed E-state index contributed by atoms with van der Waals surface area (Å²) >= 11 is 23.1. The standard InChI is InChI=1S/C16H19Cl4NO9/c1-6(22)26-5-10-12(27-7(2)23)13(28-8(3)24)11(14(30-10)29-9(4)25)21-15(17)16(18,19)20/h10-14H,5H2,1-4H3. The minimum absolute atomic E-state index is 0.419. The van der Waals surface area contributed by atoms with Crippen LogP contribution in [0.5, 0.6) is 0 Å². The SMILES string of the molecule is CC(=O)OCC1OC(OC(C)=O)C(N=C(Cl)C(Cl)(Cl)Cl)C(OC(C)=O)C1OC(C)=O. The lowest BCUT2D eigenvalue weighted by atomic mass is 9.96. The zero-order valence-corrected chi connectivity index (χ0v) is 19.3. The first-order valence-electron chi connectivity index (χ1n) is 8.33. The van der Waals surface area contributed by atoms with Crippen molar-refractivity contribution < 1.29 is 42.9 Å². The maximum Gasteiger partial charge on any atom is 0.305 e. The molecule has 1 aliphatic heterocycles. The van der Waals surface area contributed by atoms with Crippen molar-refractivity contribution in [2.24, 2.45) is 4.99 Å². The quantitative estimate of drug-likeness (QED) is 0.228. The molecule has 10 nitrogen and oxygen atoms in total. The summed E-state index contributed by atoms with van der Waals surface area (Å²) in [5.41, 5.74) is 0. The van der Waals surface area contributed by atoms with Crippen molar-refractivity contribution in [1.82, 2.24) is 0 Å². The molecule has 1 rings (SSSR count). The Balaban J connectivity index is 3.49. The molecule has 30 heavy (non-hydrogen) atoms. The van der Waals surface area contributed by atoms with E-state index in [1.54, 1.807) is 0 Å². The van der Waals surface area contributed by atoms with Crippen molar-refractivity contribution in [2.45, 2.75) is 62.1 Å². The van der Waals surface area contributed by atoms with Gasteiger partial charge in [-0.05, 0) is 0 Å². The molecule has 1 aliphatic rings. The number of carbonyl (C=O) groups is 4. The Hall–Kier alpha value is -1.33. The molecule has 0 aromatic heterocycles. The van der Waals surface area contributed by atoms with Crippen molar-refractivity contribution in [3.05, 3.63) is 0 Å². The van der Waals surface area contributed by atoms with Gasteiger partial charge in [-0.25, -0.2) is 0 Å². The average Bonchev–Trinajstić information content (AvgIpc) is 2.56. The van der Waals surface area contributed by atoms with E-state index in [1.807, 2.05) is 0 Å². The molecule has 0 aliphatic carbocycles. The Kier molecular flexibility index (Phi) is 10.1. The first-order chi connectivity index (χ1) is 13.7. The molecule has 5 unspecified atom stereocenters. The highest BCUT2D eigenvalue weighted by Crippen LogP contribution is 2.34. The van der Waals surface area contributed by atoms with Crippen LogP contribution in [-0.2, 0) is 42.9 Å². The smallest absolute Gasteiger partial charge is 0.305 e. The van der Waals surface area contributed by atoms with E-state index in [9.17, 15) is 19.2 Å². The number of rotatable bonds is 6. The summed E-state index contributed by atoms with van der Waals surface area (Å²) in [5, 5.41) is -0.560. The van der Waals surface area contributed by atoms with Gasteiger partial charge in [0.1, 0.15) is 12.7 Å². The predicted molar refractivity (Wildman–Crippen MR) is 106 cm³/mol. The van der Waals surface area contributed by atoms with Crippen molar-refractivity contribution in [3.63, 3.8) is 0 Å². The van der Waals surface area contributed by atoms with E-state index in [-0.39, 0.29) is 0 Å². The molecule has 170 valence electrons. The van der Waals surface area contributed by atoms with Gasteiger partial charge in [-0.15, -0.1) is 0 Å². The highest BCUT2D eigenvalue weighted by Gasteiger charge is 2.52. The lowest BCUT2D eigenvalue weighted by Gasteiger charge is -2.43. The third-order valence-electron chi connectivity index (χ3n) is 3.45. The highest BCUT2D eigenvalue weighted by molar-refractivity contribution is 6.89. The minimum Gasteiger partial charge on any atom is -0.463 e. The fourth-order valence-electron chi connectivity index (χ4n) is 2.49. The summed E-state index contributed by atoms with van der Waals surface area (Å²) in [4.78, 5) is 50.1. The Morgan fingerprint density at radius 3 is 1.80 bits per heavy atom. The molecule has 0 bridgehead atoms. The van der Waals surface area contributed by atoms with Crippen LogP contribution in [0.15, 0.2) is 4.99 Å². The second-order valence-electron chi connectivity index (χ2n) is 6.01. The highest BCUT2D eigenvalue weighted by atomic mass is 35.6. The van der Waals surface area contributed by atoms with Gasteiger partial charge in [-0.2, -0.15) is 0 Å². The number of nitrogens with zero attached hydrogens (tertiary/aromatic N) is 1. The maximum absolute atomic E-state index is 11.7. The van der Waals surface area contributed by atoms with Crippen LogP contribution in [0, 0.1) is 0 Å². The van der Waals surface area contributed by atoms with E-state index in [1.165, 1.54) is 0 Å². The van der Waals surface area contributed by atoms with Crippen LogP contribution in [0.4, 0.5) is 0 Å². The molecule has 0 spiro atoms. The Morgan fingerprint density at radius 2 is 1.37 bits per heavy atom. The van der Waals surface area contributed by atoms with Gasteiger partial charge in [0, 0.05) is 27.7 Å². The molecule has 5 atom stereocenters. The number of hydrogen-bond acceptors (Lipinski definition) is 10. The van der Waals surface area contributed by atoms with Gasteiger partial charge in [0.2, 0.25) is 10.1 Å². The minimum atomic E-state index is -2.16. The van der Waals surface area contributed by atoms with Gasteiger partial charge in [-0.3, -0.25) is 24.2 Å². The van der Waals surface area contributed by atoms with Gasteiger partial charge in [0.05, 0.1) is 0 Å². The van der Waals surface area contributed by atoms with Crippen LogP contribution in [0.1, 0.15) is 27.7 Å². The topological polar surface area (TPSA) is 127 Å². The Bertz CT molecular complexity index is 709. The molecule has 0 aromatic carbocycles. The van der Waals surface area contributed by atoms with E-state index < -0.39 is 70.1 Å². The van der Waals surface area contributed by atoms with E-state index in [2.05, 4.69) is 4.99 Å². The molecule has 0 amide bonds. The number of halogens is 4. The summed E-state index contributed by atoms with van der Waals surface area (Å²) in [5.74, 6) is -3.01. The Morgan fingerprint density at radius 1 is 0.867 bits per heavy atom. The van der Waals surface area contributed by atoms with Crippen LogP contribution in [0.2, 0.25) is 0 Å². The van der Waals surface area contributed by atoms with Crippen LogP contribution in [0.3, 0.4) is 0 Å². The number of aliphatic imine (C=N–C) groups is 1. The van der Waals surface area contributed by atoms with Gasteiger partial charge in [-0.1, -0.05) is 46.4 Å². The molecule has 1 heterocycles. The number of ether oxygens (including phenoxy) is 5. The Labute approximate surface area is 192 Å². The van der Waals surface area contributed by atoms with Crippen LogP contribution in [-0.4, -0.2) is 70.1 Å². The molecule has 0 radical (unpaired) electrons. The summed E-state index contributed by atoms with van der Waals surface area (Å²) < 4.78 is 23.9. The zero-order valence-electron chi connectivity index (χ0n) is 16.2. The molecule has 0 saturated carbocycles. The monoisotopic (exact) mass is 509 g/mol. The molecular formula is C16H19Cl4NO9.